The molecule has 1 unspecified atom stereocenters. The molecule has 1 heterocycles. The fraction of sp³-hybridized carbons (Fsp3) is 0.350. The van der Waals surface area contributed by atoms with E-state index in [2.05, 4.69) is 31.2 Å². The first-order chi connectivity index (χ1) is 12.6. The van der Waals surface area contributed by atoms with Crippen LogP contribution in [0.1, 0.15) is 24.9 Å². The van der Waals surface area contributed by atoms with Gasteiger partial charge in [-0.25, -0.2) is 0 Å². The number of carbonyl (C=O) groups excluding carboxylic acids is 1. The first-order valence-electron chi connectivity index (χ1n) is 8.47. The zero-order valence-electron chi connectivity index (χ0n) is 15.4. The molecule has 0 radical (unpaired) electrons. The van der Waals surface area contributed by atoms with Crippen molar-refractivity contribution in [3.8, 4) is 17.2 Å². The number of carbonyl (C=O) groups is 1. The number of anilines is 1. The highest BCUT2D eigenvalue weighted by Crippen LogP contribution is 2.46. The smallest absolute Gasteiger partial charge is 0.230 e. The molecule has 0 bridgehead atoms. The summed E-state index contributed by atoms with van der Waals surface area (Å²) >= 11 is 1.81. The number of hydrogen-bond donors (Lipinski definition) is 0. The summed E-state index contributed by atoms with van der Waals surface area (Å²) < 4.78 is 16.2. The second-order valence-corrected chi connectivity index (χ2v) is 7.21. The molecule has 1 atom stereocenters. The van der Waals surface area contributed by atoms with E-state index >= 15 is 0 Å². The van der Waals surface area contributed by atoms with Crippen molar-refractivity contribution in [1.82, 2.24) is 0 Å². The van der Waals surface area contributed by atoms with E-state index < -0.39 is 0 Å². The standard InChI is InChI=1S/C20H23NO4S/c1-5-26-15-8-6-13(7-9-15)16-12-19(22)21(16)14-10-17(23-2)20(25-4)18(11-14)24-3/h6-11,16H,5,12H2,1-4H3. The molecule has 0 aromatic heterocycles. The van der Waals surface area contributed by atoms with Crippen LogP contribution in [-0.4, -0.2) is 33.0 Å². The molecule has 0 N–H and O–H groups in total. The van der Waals surface area contributed by atoms with Gasteiger partial charge in [0.25, 0.3) is 0 Å². The minimum absolute atomic E-state index is 0.0194. The van der Waals surface area contributed by atoms with Gasteiger partial charge in [-0.15, -0.1) is 11.8 Å². The van der Waals surface area contributed by atoms with E-state index in [0.717, 1.165) is 17.0 Å². The fourth-order valence-electron chi connectivity index (χ4n) is 3.17. The number of ether oxygens (including phenoxy) is 3. The van der Waals surface area contributed by atoms with Gasteiger partial charge in [0, 0.05) is 17.0 Å². The molecule has 6 heteroatoms. The Morgan fingerprint density at radius 1 is 1.04 bits per heavy atom. The zero-order chi connectivity index (χ0) is 18.7. The van der Waals surface area contributed by atoms with E-state index in [1.165, 1.54) is 4.90 Å². The Labute approximate surface area is 158 Å². The lowest BCUT2D eigenvalue weighted by atomic mass is 9.93. The molecule has 0 saturated carbocycles. The molecular weight excluding hydrogens is 350 g/mol. The molecule has 138 valence electrons. The van der Waals surface area contributed by atoms with E-state index in [-0.39, 0.29) is 11.9 Å². The van der Waals surface area contributed by atoms with Crippen molar-refractivity contribution in [2.75, 3.05) is 32.0 Å². The highest BCUT2D eigenvalue weighted by molar-refractivity contribution is 7.99. The van der Waals surface area contributed by atoms with Crippen molar-refractivity contribution in [1.29, 1.82) is 0 Å². The Bertz CT molecular complexity index is 766. The molecule has 1 saturated heterocycles. The number of methoxy groups -OCH3 is 3. The van der Waals surface area contributed by atoms with E-state index in [1.807, 2.05) is 12.1 Å². The number of hydrogen-bond acceptors (Lipinski definition) is 5. The van der Waals surface area contributed by atoms with E-state index in [1.54, 1.807) is 38.0 Å². The van der Waals surface area contributed by atoms with Gasteiger partial charge < -0.3 is 19.1 Å². The SMILES string of the molecule is CCSc1ccc(C2CC(=O)N2c2cc(OC)c(OC)c(OC)c2)cc1. The summed E-state index contributed by atoms with van der Waals surface area (Å²) in [6.45, 7) is 2.13. The average Bonchev–Trinajstić information content (AvgIpc) is 2.66. The molecule has 2 aromatic rings. The predicted molar refractivity (Wildman–Crippen MR) is 104 cm³/mol. The Morgan fingerprint density at radius 2 is 1.65 bits per heavy atom. The third-order valence-corrected chi connectivity index (χ3v) is 5.35. The third kappa shape index (κ3) is 3.33. The van der Waals surface area contributed by atoms with Crippen molar-refractivity contribution >= 4 is 23.4 Å². The predicted octanol–water partition coefficient (Wildman–Crippen LogP) is 4.30. The average molecular weight is 373 g/mol. The molecule has 1 aliphatic rings. The summed E-state index contributed by atoms with van der Waals surface area (Å²) in [5.74, 6) is 2.71. The Kier molecular flexibility index (Phi) is 5.61. The summed E-state index contributed by atoms with van der Waals surface area (Å²) in [5.41, 5.74) is 1.87. The number of amides is 1. The van der Waals surface area contributed by atoms with Crippen LogP contribution in [-0.2, 0) is 4.79 Å². The first-order valence-corrected chi connectivity index (χ1v) is 9.46. The minimum atomic E-state index is 0.0194. The van der Waals surface area contributed by atoms with Crippen LogP contribution < -0.4 is 19.1 Å². The maximum Gasteiger partial charge on any atom is 0.230 e. The summed E-state index contributed by atoms with van der Waals surface area (Å²) in [7, 11) is 4.70. The molecule has 3 rings (SSSR count). The largest absolute Gasteiger partial charge is 0.493 e. The highest BCUT2D eigenvalue weighted by atomic mass is 32.2. The Hall–Kier alpha value is -2.34. The van der Waals surface area contributed by atoms with Crippen LogP contribution in [0.15, 0.2) is 41.3 Å². The lowest BCUT2D eigenvalue weighted by Gasteiger charge is -2.41. The van der Waals surface area contributed by atoms with Crippen LogP contribution in [0.3, 0.4) is 0 Å². The van der Waals surface area contributed by atoms with E-state index in [9.17, 15) is 4.79 Å². The van der Waals surface area contributed by atoms with E-state index in [4.69, 9.17) is 14.2 Å². The van der Waals surface area contributed by atoms with Gasteiger partial charge in [0.15, 0.2) is 11.5 Å². The maximum atomic E-state index is 12.3. The van der Waals surface area contributed by atoms with Crippen LogP contribution in [0, 0.1) is 0 Å². The van der Waals surface area contributed by atoms with Gasteiger partial charge in [-0.1, -0.05) is 19.1 Å². The lowest BCUT2D eigenvalue weighted by Crippen LogP contribution is -2.46. The molecule has 1 amide bonds. The summed E-state index contributed by atoms with van der Waals surface area (Å²) in [6, 6.07) is 12.1. The third-order valence-electron chi connectivity index (χ3n) is 4.45. The van der Waals surface area contributed by atoms with Crippen LogP contribution in [0.5, 0.6) is 17.2 Å². The van der Waals surface area contributed by atoms with Gasteiger partial charge in [0.2, 0.25) is 11.7 Å². The van der Waals surface area contributed by atoms with Crippen LogP contribution >= 0.6 is 11.8 Å². The number of β-lactam (4-membered cyclic amide) rings is 1. The molecule has 2 aromatic carbocycles. The molecular formula is C20H23NO4S. The summed E-state index contributed by atoms with van der Waals surface area (Å²) in [5, 5.41) is 0. The fourth-order valence-corrected chi connectivity index (χ4v) is 3.83. The second-order valence-electron chi connectivity index (χ2n) is 5.87. The topological polar surface area (TPSA) is 48.0 Å². The molecule has 5 nitrogen and oxygen atoms in total. The summed E-state index contributed by atoms with van der Waals surface area (Å²) in [6.07, 6.45) is 0.497. The molecule has 1 fully saturated rings. The molecule has 1 aliphatic heterocycles. The Balaban J connectivity index is 1.93. The van der Waals surface area contributed by atoms with Gasteiger partial charge in [0.1, 0.15) is 0 Å². The quantitative estimate of drug-likeness (QED) is 0.535. The normalized spacial score (nSPS) is 16.2. The summed E-state index contributed by atoms with van der Waals surface area (Å²) in [4.78, 5) is 15.4. The van der Waals surface area contributed by atoms with E-state index in [0.29, 0.717) is 23.7 Å². The van der Waals surface area contributed by atoms with Crippen molar-refractivity contribution in [3.63, 3.8) is 0 Å². The van der Waals surface area contributed by atoms with Crippen molar-refractivity contribution in [2.24, 2.45) is 0 Å². The van der Waals surface area contributed by atoms with Crippen molar-refractivity contribution < 1.29 is 19.0 Å². The lowest BCUT2D eigenvalue weighted by molar-refractivity contribution is -0.124. The van der Waals surface area contributed by atoms with Gasteiger partial charge in [-0.2, -0.15) is 0 Å². The van der Waals surface area contributed by atoms with Crippen LogP contribution in [0.25, 0.3) is 0 Å². The van der Waals surface area contributed by atoms with Crippen molar-refractivity contribution in [3.05, 3.63) is 42.0 Å². The number of benzene rings is 2. The van der Waals surface area contributed by atoms with Gasteiger partial charge in [0.05, 0.1) is 39.5 Å². The zero-order valence-corrected chi connectivity index (χ0v) is 16.3. The molecule has 0 spiro atoms. The molecule has 0 aliphatic carbocycles. The van der Waals surface area contributed by atoms with Crippen LogP contribution in [0.4, 0.5) is 5.69 Å². The molecule has 26 heavy (non-hydrogen) atoms. The van der Waals surface area contributed by atoms with Gasteiger partial charge >= 0.3 is 0 Å². The number of rotatable bonds is 7. The van der Waals surface area contributed by atoms with Crippen LogP contribution in [0.2, 0.25) is 0 Å². The van der Waals surface area contributed by atoms with Gasteiger partial charge in [-0.3, -0.25) is 4.79 Å². The van der Waals surface area contributed by atoms with Gasteiger partial charge in [-0.05, 0) is 23.4 Å². The second kappa shape index (κ2) is 7.91. The maximum absolute atomic E-state index is 12.3. The Morgan fingerprint density at radius 3 is 2.12 bits per heavy atom. The number of nitrogens with zero attached hydrogens (tertiary/aromatic N) is 1. The highest BCUT2D eigenvalue weighted by Gasteiger charge is 2.39. The van der Waals surface area contributed by atoms with Crippen molar-refractivity contribution in [2.45, 2.75) is 24.3 Å². The number of thioether (sulfide) groups is 1. The monoisotopic (exact) mass is 373 g/mol. The first kappa shape index (κ1) is 18.5. The minimum Gasteiger partial charge on any atom is -0.493 e.